The van der Waals surface area contributed by atoms with Gasteiger partial charge in [-0.2, -0.15) is 0 Å². The predicted molar refractivity (Wildman–Crippen MR) is 117 cm³/mol. The largest absolute Gasteiger partial charge is 0.488 e. The summed E-state index contributed by atoms with van der Waals surface area (Å²) in [7, 11) is 0. The lowest BCUT2D eigenvalue weighted by atomic mass is 9.95. The molecule has 2 aromatic carbocycles. The Labute approximate surface area is 204 Å². The highest BCUT2D eigenvalue weighted by molar-refractivity contribution is 5.94. The van der Waals surface area contributed by atoms with Crippen LogP contribution < -0.4 is 14.2 Å². The first-order valence-electron chi connectivity index (χ1n) is 10.6. The van der Waals surface area contributed by atoms with Gasteiger partial charge in [0.15, 0.2) is 11.5 Å². The highest BCUT2D eigenvalue weighted by Crippen LogP contribution is 2.47. The maximum absolute atomic E-state index is 12.3. The van der Waals surface area contributed by atoms with Crippen LogP contribution in [0.2, 0.25) is 0 Å². The first kappa shape index (κ1) is 27.1. The molecule has 0 bridgehead atoms. The summed E-state index contributed by atoms with van der Waals surface area (Å²) in [6, 6.07) is 6.97. The van der Waals surface area contributed by atoms with Crippen molar-refractivity contribution in [3.8, 4) is 28.4 Å². The number of aliphatic hydroxyl groups is 6. The fourth-order valence-corrected chi connectivity index (χ4v) is 3.32. The van der Waals surface area contributed by atoms with E-state index in [1.54, 1.807) is 13.0 Å². The Morgan fingerprint density at radius 2 is 1.58 bits per heavy atom. The normalized spacial score (nSPS) is 13.6. The van der Waals surface area contributed by atoms with Crippen LogP contribution in [-0.2, 0) is 20.9 Å². The molecule has 0 amide bonds. The molecule has 1 aliphatic rings. The Hall–Kier alpha value is -3.46. The van der Waals surface area contributed by atoms with Crippen molar-refractivity contribution in [1.29, 1.82) is 0 Å². The Balaban J connectivity index is 2.17. The number of benzene rings is 2. The lowest BCUT2D eigenvalue weighted by Gasteiger charge is -2.27. The molecule has 0 spiro atoms. The second kappa shape index (κ2) is 9.89. The van der Waals surface area contributed by atoms with Gasteiger partial charge in [-0.1, -0.05) is 6.07 Å². The Morgan fingerprint density at radius 3 is 2.19 bits per heavy atom. The van der Waals surface area contributed by atoms with Crippen molar-refractivity contribution in [3.05, 3.63) is 41.5 Å². The van der Waals surface area contributed by atoms with Gasteiger partial charge in [0.2, 0.25) is 5.75 Å². The van der Waals surface area contributed by atoms with Crippen LogP contribution in [0.4, 0.5) is 0 Å². The summed E-state index contributed by atoms with van der Waals surface area (Å²) in [5.74, 6) is -2.96. The molecule has 0 unspecified atom stereocenters. The van der Waals surface area contributed by atoms with Crippen molar-refractivity contribution >= 4 is 11.9 Å². The highest BCUT2D eigenvalue weighted by atomic mass is 16.9. The van der Waals surface area contributed by atoms with E-state index in [9.17, 15) is 40.2 Å². The number of hydrogen-bond acceptors (Lipinski definition) is 13. The molecule has 0 saturated heterocycles. The van der Waals surface area contributed by atoms with Crippen LogP contribution in [0.25, 0.3) is 11.1 Å². The van der Waals surface area contributed by atoms with E-state index in [1.807, 2.05) is 0 Å². The summed E-state index contributed by atoms with van der Waals surface area (Å²) in [5.41, 5.74) is 0.215. The van der Waals surface area contributed by atoms with E-state index in [4.69, 9.17) is 18.9 Å². The van der Waals surface area contributed by atoms with E-state index in [0.717, 1.165) is 6.07 Å². The summed E-state index contributed by atoms with van der Waals surface area (Å²) in [6.45, 7) is 4.39. The number of cyclic esters (lactones) is 1. The van der Waals surface area contributed by atoms with Gasteiger partial charge >= 0.3 is 24.3 Å². The Bertz CT molecular complexity index is 1140. The lowest BCUT2D eigenvalue weighted by molar-refractivity contribution is -0.428. The predicted octanol–water partition coefficient (Wildman–Crippen LogP) is -0.0739. The van der Waals surface area contributed by atoms with Crippen molar-refractivity contribution in [1.82, 2.24) is 0 Å². The van der Waals surface area contributed by atoms with Crippen LogP contribution in [0.1, 0.15) is 36.7 Å². The number of carbonyl (C=O) groups excluding carboxylic acids is 2. The summed E-state index contributed by atoms with van der Waals surface area (Å²) in [6.07, 6.45) is -7.53. The van der Waals surface area contributed by atoms with Crippen LogP contribution in [-0.4, -0.2) is 68.1 Å². The quantitative estimate of drug-likeness (QED) is 0.183. The fourth-order valence-electron chi connectivity index (χ4n) is 3.32. The number of hydrogen-bond donors (Lipinski definition) is 6. The summed E-state index contributed by atoms with van der Waals surface area (Å²) >= 11 is 0. The third kappa shape index (κ3) is 6.40. The van der Waals surface area contributed by atoms with E-state index < -0.39 is 41.2 Å². The minimum absolute atomic E-state index is 0.00767. The Morgan fingerprint density at radius 1 is 0.944 bits per heavy atom. The van der Waals surface area contributed by atoms with Crippen LogP contribution in [0.5, 0.6) is 17.2 Å². The molecule has 1 heterocycles. The minimum atomic E-state index is -3.80. The zero-order valence-electron chi connectivity index (χ0n) is 19.5. The van der Waals surface area contributed by atoms with E-state index in [0.29, 0.717) is 16.7 Å². The summed E-state index contributed by atoms with van der Waals surface area (Å²) < 4.78 is 25.2. The van der Waals surface area contributed by atoms with Crippen LogP contribution >= 0.6 is 0 Å². The Kier molecular flexibility index (Phi) is 7.45. The van der Waals surface area contributed by atoms with Crippen molar-refractivity contribution < 1.29 is 63.9 Å². The molecule has 0 aromatic heterocycles. The van der Waals surface area contributed by atoms with Gasteiger partial charge in [0.05, 0.1) is 17.6 Å². The van der Waals surface area contributed by atoms with Gasteiger partial charge in [-0.25, -0.2) is 4.79 Å². The molecule has 3 rings (SSSR count). The zero-order valence-corrected chi connectivity index (χ0v) is 19.5. The maximum Gasteiger partial charge on any atom is 0.453 e. The highest BCUT2D eigenvalue weighted by Gasteiger charge is 2.35. The molecule has 0 fully saturated rings. The van der Waals surface area contributed by atoms with E-state index in [2.05, 4.69) is 4.74 Å². The molecule has 0 aliphatic carbocycles. The molecule has 1 aliphatic heterocycles. The van der Waals surface area contributed by atoms with Gasteiger partial charge in [-0.05, 0) is 50.6 Å². The summed E-state index contributed by atoms with van der Waals surface area (Å²) in [5, 5.41) is 56.3. The van der Waals surface area contributed by atoms with Crippen molar-refractivity contribution in [2.24, 2.45) is 5.41 Å². The smallest absolute Gasteiger partial charge is 0.453 e. The molecular formula is C23H26O13. The number of fused-ring (bicyclic) bond motifs is 1. The monoisotopic (exact) mass is 510 g/mol. The second-order valence-electron chi connectivity index (χ2n) is 8.46. The number of rotatable bonds is 10. The molecule has 0 saturated carbocycles. The third-order valence-corrected chi connectivity index (χ3v) is 4.96. The van der Waals surface area contributed by atoms with Gasteiger partial charge in [0, 0.05) is 11.1 Å². The molecule has 2 aromatic rings. The standard InChI is InChI=1S/C23H26O13/c1-4-32-20(25)21(2,3)11-34-17-14(12-5-6-15-13(9-12)10-33-19(15)24)7-8-16(35-22(26,27)28)18(17)36-23(29,30)31/h5-9,26-31H,4,10-11H2,1-3H3. The molecule has 6 N–H and O–H groups in total. The molecular weight excluding hydrogens is 484 g/mol. The van der Waals surface area contributed by atoms with Gasteiger partial charge in [0.25, 0.3) is 0 Å². The van der Waals surface area contributed by atoms with Gasteiger partial charge in [-0.15, -0.1) is 0 Å². The van der Waals surface area contributed by atoms with Crippen LogP contribution in [0, 0.1) is 5.41 Å². The SMILES string of the molecule is CCOC(=O)C(C)(C)COc1c(-c2ccc3c(c2)COC3=O)ccc(OC(O)(O)O)c1OC(O)(O)O. The average molecular weight is 510 g/mol. The molecule has 36 heavy (non-hydrogen) atoms. The number of ether oxygens (including phenoxy) is 5. The van der Waals surface area contributed by atoms with E-state index in [1.165, 1.54) is 32.0 Å². The summed E-state index contributed by atoms with van der Waals surface area (Å²) in [4.78, 5) is 24.2. The van der Waals surface area contributed by atoms with Crippen LogP contribution in [0.3, 0.4) is 0 Å². The first-order valence-corrected chi connectivity index (χ1v) is 10.6. The molecule has 0 atom stereocenters. The van der Waals surface area contributed by atoms with Crippen LogP contribution in [0.15, 0.2) is 30.3 Å². The van der Waals surface area contributed by atoms with Gasteiger partial charge in [-0.3, -0.25) is 4.79 Å². The molecule has 13 nitrogen and oxygen atoms in total. The topological polar surface area (TPSA) is 202 Å². The minimum Gasteiger partial charge on any atom is -0.488 e. The van der Waals surface area contributed by atoms with Gasteiger partial charge in [0.1, 0.15) is 13.2 Å². The van der Waals surface area contributed by atoms with Crippen molar-refractivity contribution in [3.63, 3.8) is 0 Å². The van der Waals surface area contributed by atoms with Gasteiger partial charge < -0.3 is 54.3 Å². The number of carbonyl (C=O) groups is 2. The molecule has 196 valence electrons. The number of esters is 2. The molecule has 0 radical (unpaired) electrons. The van der Waals surface area contributed by atoms with E-state index in [-0.39, 0.29) is 31.1 Å². The fraction of sp³-hybridized carbons (Fsp3) is 0.391. The molecule has 13 heteroatoms. The third-order valence-electron chi connectivity index (χ3n) is 4.96. The van der Waals surface area contributed by atoms with Crippen molar-refractivity contribution in [2.45, 2.75) is 39.7 Å². The van der Waals surface area contributed by atoms with Crippen molar-refractivity contribution in [2.75, 3.05) is 13.2 Å². The zero-order chi connectivity index (χ0) is 26.9. The average Bonchev–Trinajstić information content (AvgIpc) is 3.12. The lowest BCUT2D eigenvalue weighted by Crippen LogP contribution is -2.37. The van der Waals surface area contributed by atoms with E-state index >= 15 is 0 Å². The first-order chi connectivity index (χ1) is 16.6. The second-order valence-corrected chi connectivity index (χ2v) is 8.46. The maximum atomic E-state index is 12.3.